The second kappa shape index (κ2) is 7.40. The third-order valence-electron chi connectivity index (χ3n) is 8.12. The van der Waals surface area contributed by atoms with Crippen molar-refractivity contribution in [2.75, 3.05) is 19.6 Å². The third-order valence-corrected chi connectivity index (χ3v) is 8.12. The highest BCUT2D eigenvalue weighted by molar-refractivity contribution is 5.98. The molecule has 1 aliphatic carbocycles. The van der Waals surface area contributed by atoms with Crippen LogP contribution in [-0.4, -0.2) is 55.1 Å². The van der Waals surface area contributed by atoms with Gasteiger partial charge in [0.25, 0.3) is 5.91 Å². The third kappa shape index (κ3) is 3.17. The number of nitrogens with zero attached hydrogens (tertiary/aromatic N) is 5. The van der Waals surface area contributed by atoms with Crippen LogP contribution in [0, 0.1) is 5.92 Å². The maximum absolute atomic E-state index is 13.4. The zero-order valence-electron chi connectivity index (χ0n) is 19.6. The summed E-state index contributed by atoms with van der Waals surface area (Å²) in [7, 11) is 2.06. The molecule has 0 radical (unpaired) electrons. The molecule has 2 saturated heterocycles. The van der Waals surface area contributed by atoms with E-state index in [2.05, 4.69) is 38.6 Å². The first-order chi connectivity index (χ1) is 16.6. The lowest BCUT2D eigenvalue weighted by Gasteiger charge is -2.49. The molecule has 7 rings (SSSR count). The number of hydrogen-bond donors (Lipinski definition) is 1. The normalized spacial score (nSPS) is 22.6. The molecule has 1 atom stereocenters. The first-order valence-corrected chi connectivity index (χ1v) is 12.6. The number of aryl methyl sites for hydroxylation is 1. The van der Waals surface area contributed by atoms with E-state index in [1.807, 2.05) is 35.4 Å². The molecule has 1 amide bonds. The SMILES string of the molecule is Cn1c(-c2cc3cccnc3n2CC2CC2)nc2cc(C(=O)N3CCCC4(CCN4)C3)ccc21. The molecule has 7 heteroatoms. The first-order valence-electron chi connectivity index (χ1n) is 12.6. The fourth-order valence-electron chi connectivity index (χ4n) is 5.89. The van der Waals surface area contributed by atoms with E-state index in [-0.39, 0.29) is 11.4 Å². The summed E-state index contributed by atoms with van der Waals surface area (Å²) in [5.74, 6) is 1.77. The Morgan fingerprint density at radius 2 is 2.09 bits per heavy atom. The van der Waals surface area contributed by atoms with E-state index in [9.17, 15) is 4.79 Å². The predicted octanol–water partition coefficient (Wildman–Crippen LogP) is 3.97. The van der Waals surface area contributed by atoms with Gasteiger partial charge in [0, 0.05) is 49.4 Å². The average Bonchev–Trinajstić information content (AvgIpc) is 3.52. The van der Waals surface area contributed by atoms with E-state index in [0.29, 0.717) is 0 Å². The second-order valence-electron chi connectivity index (χ2n) is 10.5. The highest BCUT2D eigenvalue weighted by Gasteiger charge is 2.41. The Balaban J connectivity index is 1.26. The molecule has 2 aliphatic heterocycles. The van der Waals surface area contributed by atoms with Crippen LogP contribution in [0.25, 0.3) is 33.6 Å². The van der Waals surface area contributed by atoms with Crippen LogP contribution in [0.4, 0.5) is 0 Å². The number of pyridine rings is 1. The van der Waals surface area contributed by atoms with Crippen molar-refractivity contribution in [3.8, 4) is 11.5 Å². The van der Waals surface area contributed by atoms with Crippen molar-refractivity contribution in [2.24, 2.45) is 13.0 Å². The molecule has 1 N–H and O–H groups in total. The summed E-state index contributed by atoms with van der Waals surface area (Å²) in [4.78, 5) is 25.1. The van der Waals surface area contributed by atoms with Crippen molar-refractivity contribution in [2.45, 2.75) is 44.2 Å². The number of rotatable bonds is 4. The van der Waals surface area contributed by atoms with Crippen LogP contribution in [0.3, 0.4) is 0 Å². The zero-order valence-corrected chi connectivity index (χ0v) is 19.6. The Morgan fingerprint density at radius 1 is 1.21 bits per heavy atom. The van der Waals surface area contributed by atoms with Gasteiger partial charge in [-0.3, -0.25) is 4.79 Å². The average molecular weight is 455 g/mol. The number of likely N-dealkylation sites (tertiary alicyclic amines) is 1. The van der Waals surface area contributed by atoms with Gasteiger partial charge in [-0.25, -0.2) is 9.97 Å². The van der Waals surface area contributed by atoms with Crippen LogP contribution in [-0.2, 0) is 13.6 Å². The minimum atomic E-state index is 0.119. The molecule has 1 saturated carbocycles. The number of carbonyl (C=O) groups excluding carboxylic acids is 1. The summed E-state index contributed by atoms with van der Waals surface area (Å²) >= 11 is 0. The molecule has 4 aromatic rings. The van der Waals surface area contributed by atoms with Gasteiger partial charge >= 0.3 is 0 Å². The number of aromatic nitrogens is 4. The number of benzene rings is 1. The van der Waals surface area contributed by atoms with Gasteiger partial charge in [0.15, 0.2) is 5.82 Å². The fraction of sp³-hybridized carbons (Fsp3) is 0.444. The Labute approximate surface area is 198 Å². The van der Waals surface area contributed by atoms with Gasteiger partial charge in [-0.1, -0.05) is 0 Å². The Hall–Kier alpha value is -3.19. The molecule has 3 aliphatic rings. The van der Waals surface area contributed by atoms with Gasteiger partial charge in [-0.15, -0.1) is 0 Å². The topological polar surface area (TPSA) is 68.0 Å². The molecule has 1 unspecified atom stereocenters. The summed E-state index contributed by atoms with van der Waals surface area (Å²) in [6.07, 6.45) is 7.84. The second-order valence-corrected chi connectivity index (χ2v) is 10.5. The zero-order chi connectivity index (χ0) is 22.9. The smallest absolute Gasteiger partial charge is 0.253 e. The highest BCUT2D eigenvalue weighted by Crippen LogP contribution is 2.36. The van der Waals surface area contributed by atoms with Gasteiger partial charge in [0.2, 0.25) is 0 Å². The number of nitrogens with one attached hydrogen (secondary N) is 1. The number of fused-ring (bicyclic) bond motifs is 2. The van der Waals surface area contributed by atoms with Gasteiger partial charge in [-0.05, 0) is 81.0 Å². The minimum Gasteiger partial charge on any atom is -0.337 e. The Kier molecular flexibility index (Phi) is 4.40. The van der Waals surface area contributed by atoms with E-state index in [0.717, 1.165) is 77.7 Å². The lowest BCUT2D eigenvalue weighted by molar-refractivity contribution is 0.0467. The number of hydrogen-bond acceptors (Lipinski definition) is 4. The van der Waals surface area contributed by atoms with Crippen molar-refractivity contribution < 1.29 is 4.79 Å². The largest absolute Gasteiger partial charge is 0.337 e. The Morgan fingerprint density at radius 3 is 2.88 bits per heavy atom. The predicted molar refractivity (Wildman–Crippen MR) is 133 cm³/mol. The van der Waals surface area contributed by atoms with Crippen LogP contribution in [0.15, 0.2) is 42.6 Å². The summed E-state index contributed by atoms with van der Waals surface area (Å²) < 4.78 is 4.48. The summed E-state index contributed by atoms with van der Waals surface area (Å²) in [5.41, 5.74) is 4.91. The standard InChI is InChI=1S/C27H30N6O/c1-31-22-8-7-20(26(34)32-13-3-9-27(17-32)10-12-29-27)14-21(22)30-25(31)23-15-19-4-2-11-28-24(19)33(23)16-18-5-6-18/h2,4,7-8,11,14-15,18,29H,3,5-6,9-10,12-13,16-17H2,1H3. The van der Waals surface area contributed by atoms with Crippen LogP contribution in [0.5, 0.6) is 0 Å². The van der Waals surface area contributed by atoms with E-state index < -0.39 is 0 Å². The summed E-state index contributed by atoms with van der Waals surface area (Å²) in [5, 5.41) is 4.72. The van der Waals surface area contributed by atoms with Crippen LogP contribution >= 0.6 is 0 Å². The lowest BCUT2D eigenvalue weighted by Crippen LogP contribution is -2.65. The molecule has 5 heterocycles. The van der Waals surface area contributed by atoms with Crippen LogP contribution in [0.2, 0.25) is 0 Å². The molecule has 3 aromatic heterocycles. The van der Waals surface area contributed by atoms with Gasteiger partial charge in [0.1, 0.15) is 5.65 Å². The number of imidazole rings is 1. The lowest BCUT2D eigenvalue weighted by atomic mass is 9.80. The van der Waals surface area contributed by atoms with E-state index in [1.165, 1.54) is 25.7 Å². The summed E-state index contributed by atoms with van der Waals surface area (Å²) in [6.45, 7) is 3.69. The Bertz CT molecular complexity index is 1420. The van der Waals surface area contributed by atoms with Crippen molar-refractivity contribution in [3.05, 3.63) is 48.2 Å². The van der Waals surface area contributed by atoms with Crippen molar-refractivity contribution >= 4 is 28.0 Å². The monoisotopic (exact) mass is 454 g/mol. The molecule has 7 nitrogen and oxygen atoms in total. The van der Waals surface area contributed by atoms with E-state index in [1.54, 1.807) is 0 Å². The van der Waals surface area contributed by atoms with E-state index >= 15 is 0 Å². The number of carbonyl (C=O) groups is 1. The van der Waals surface area contributed by atoms with Crippen molar-refractivity contribution in [1.29, 1.82) is 0 Å². The maximum atomic E-state index is 13.4. The van der Waals surface area contributed by atoms with Crippen molar-refractivity contribution in [3.63, 3.8) is 0 Å². The highest BCUT2D eigenvalue weighted by atomic mass is 16.2. The molecule has 1 aromatic carbocycles. The number of amides is 1. The molecule has 0 bridgehead atoms. The quantitative estimate of drug-likeness (QED) is 0.507. The molecular formula is C27H30N6O. The van der Waals surface area contributed by atoms with Gasteiger partial charge in [0.05, 0.1) is 16.7 Å². The van der Waals surface area contributed by atoms with Gasteiger partial charge in [-0.2, -0.15) is 0 Å². The fourth-order valence-corrected chi connectivity index (χ4v) is 5.89. The van der Waals surface area contributed by atoms with E-state index in [4.69, 9.17) is 4.98 Å². The van der Waals surface area contributed by atoms with Gasteiger partial charge < -0.3 is 19.4 Å². The molecule has 1 spiro atoms. The minimum absolute atomic E-state index is 0.119. The van der Waals surface area contributed by atoms with Crippen molar-refractivity contribution in [1.82, 2.24) is 29.3 Å². The first kappa shape index (κ1) is 20.2. The van der Waals surface area contributed by atoms with Crippen LogP contribution < -0.4 is 5.32 Å². The number of piperidine rings is 1. The molecule has 174 valence electrons. The molecular weight excluding hydrogens is 424 g/mol. The van der Waals surface area contributed by atoms with Crippen LogP contribution in [0.1, 0.15) is 42.5 Å². The molecule has 3 fully saturated rings. The maximum Gasteiger partial charge on any atom is 0.253 e. The molecule has 34 heavy (non-hydrogen) atoms. The summed E-state index contributed by atoms with van der Waals surface area (Å²) in [6, 6.07) is 12.3.